The number of ether oxygens (including phenoxy) is 1. The van der Waals surface area contributed by atoms with E-state index in [1.165, 1.54) is 0 Å². The molecule has 1 fully saturated rings. The molecule has 0 spiro atoms. The van der Waals surface area contributed by atoms with Gasteiger partial charge in [-0.05, 0) is 18.9 Å². The van der Waals surface area contributed by atoms with Gasteiger partial charge in [-0.25, -0.2) is 5.43 Å². The molecule has 5 nitrogen and oxygen atoms in total. The molecule has 0 aromatic heterocycles. The van der Waals surface area contributed by atoms with Crippen molar-refractivity contribution >= 4 is 5.91 Å². The monoisotopic (exact) mass is 249 g/mol. The fourth-order valence-electron chi connectivity index (χ4n) is 1.88. The van der Waals surface area contributed by atoms with Crippen LogP contribution in [0, 0.1) is 0 Å². The lowest BCUT2D eigenvalue weighted by atomic mass is 10.2. The molecule has 1 amide bonds. The van der Waals surface area contributed by atoms with Gasteiger partial charge < -0.3 is 10.1 Å². The Balaban J connectivity index is 1.63. The number of carbonyl (C=O) groups is 1. The third kappa shape index (κ3) is 4.10. The van der Waals surface area contributed by atoms with Gasteiger partial charge in [0.2, 0.25) is 5.91 Å². The predicted octanol–water partition coefficient (Wildman–Crippen LogP) is 0.532. The van der Waals surface area contributed by atoms with Crippen molar-refractivity contribution in [3.8, 4) is 0 Å². The van der Waals surface area contributed by atoms with Crippen molar-refractivity contribution < 1.29 is 9.53 Å². The Morgan fingerprint density at radius 3 is 2.83 bits per heavy atom. The third-order valence-corrected chi connectivity index (χ3v) is 2.77. The third-order valence-electron chi connectivity index (χ3n) is 2.77. The summed E-state index contributed by atoms with van der Waals surface area (Å²) in [5.74, 6) is -0.0978. The molecule has 0 aliphatic carbocycles. The van der Waals surface area contributed by atoms with E-state index in [1.54, 1.807) is 0 Å². The standard InChI is InChI=1S/C13H19N3O2/c1-10-7-12(16-15-10)14-13(17)9-18-8-11-5-3-2-4-6-11/h2-6,10,12,15-16H,7-9H2,1H3,(H,14,17). The minimum absolute atomic E-state index is 0.00664. The van der Waals surface area contributed by atoms with Crippen LogP contribution in [0.1, 0.15) is 18.9 Å². The molecule has 1 heterocycles. The Kier molecular flexibility index (Phi) is 4.69. The van der Waals surface area contributed by atoms with Crippen LogP contribution >= 0.6 is 0 Å². The van der Waals surface area contributed by atoms with E-state index in [0.717, 1.165) is 12.0 Å². The molecule has 2 unspecified atom stereocenters. The second-order valence-electron chi connectivity index (χ2n) is 4.52. The van der Waals surface area contributed by atoms with E-state index in [-0.39, 0.29) is 18.7 Å². The number of carbonyl (C=O) groups excluding carboxylic acids is 1. The quantitative estimate of drug-likeness (QED) is 0.712. The highest BCUT2D eigenvalue weighted by molar-refractivity contribution is 5.77. The Hall–Kier alpha value is -1.43. The zero-order valence-corrected chi connectivity index (χ0v) is 10.5. The molecule has 1 aliphatic rings. The molecule has 0 saturated carbocycles. The SMILES string of the molecule is CC1CC(NC(=O)COCc2ccccc2)NN1. The van der Waals surface area contributed by atoms with Crippen LogP contribution in [0.25, 0.3) is 0 Å². The van der Waals surface area contributed by atoms with Crippen LogP contribution in [0.3, 0.4) is 0 Å². The molecule has 3 N–H and O–H groups in total. The summed E-state index contributed by atoms with van der Waals surface area (Å²) >= 11 is 0. The van der Waals surface area contributed by atoms with Crippen LogP contribution in [-0.4, -0.2) is 24.7 Å². The number of amides is 1. The summed E-state index contributed by atoms with van der Waals surface area (Å²) in [5.41, 5.74) is 7.13. The molecule has 18 heavy (non-hydrogen) atoms. The molecule has 5 heteroatoms. The highest BCUT2D eigenvalue weighted by atomic mass is 16.5. The maximum absolute atomic E-state index is 11.6. The van der Waals surface area contributed by atoms with Crippen molar-refractivity contribution in [2.75, 3.05) is 6.61 Å². The Labute approximate surface area is 107 Å². The van der Waals surface area contributed by atoms with Crippen molar-refractivity contribution in [1.29, 1.82) is 0 Å². The second kappa shape index (κ2) is 6.49. The number of hydrazine groups is 1. The lowest BCUT2D eigenvalue weighted by molar-refractivity contribution is -0.126. The van der Waals surface area contributed by atoms with Gasteiger partial charge in [0.1, 0.15) is 6.61 Å². The van der Waals surface area contributed by atoms with E-state index in [1.807, 2.05) is 30.3 Å². The van der Waals surface area contributed by atoms with E-state index in [4.69, 9.17) is 4.74 Å². The lowest BCUT2D eigenvalue weighted by Gasteiger charge is -2.12. The summed E-state index contributed by atoms with van der Waals surface area (Å²) in [6.07, 6.45) is 0.873. The number of hydrogen-bond acceptors (Lipinski definition) is 4. The van der Waals surface area contributed by atoms with E-state index in [0.29, 0.717) is 12.6 Å². The van der Waals surface area contributed by atoms with Crippen LogP contribution in [0.5, 0.6) is 0 Å². The van der Waals surface area contributed by atoms with Crippen molar-refractivity contribution in [3.63, 3.8) is 0 Å². The van der Waals surface area contributed by atoms with Gasteiger partial charge in [0.15, 0.2) is 0 Å². The number of hydrogen-bond donors (Lipinski definition) is 3. The van der Waals surface area contributed by atoms with Crippen molar-refractivity contribution in [2.45, 2.75) is 32.2 Å². The number of benzene rings is 1. The summed E-state index contributed by atoms with van der Waals surface area (Å²) in [7, 11) is 0. The molecular weight excluding hydrogens is 230 g/mol. The van der Waals surface area contributed by atoms with Crippen molar-refractivity contribution in [3.05, 3.63) is 35.9 Å². The molecule has 98 valence electrons. The molecule has 2 atom stereocenters. The van der Waals surface area contributed by atoms with Crippen molar-refractivity contribution in [1.82, 2.24) is 16.2 Å². The highest BCUT2D eigenvalue weighted by Gasteiger charge is 2.21. The summed E-state index contributed by atoms with van der Waals surface area (Å²) in [5, 5.41) is 2.86. The predicted molar refractivity (Wildman–Crippen MR) is 68.4 cm³/mol. The van der Waals surface area contributed by atoms with Gasteiger partial charge in [-0.2, -0.15) is 0 Å². The first-order chi connectivity index (χ1) is 8.74. The fourth-order valence-corrected chi connectivity index (χ4v) is 1.88. The van der Waals surface area contributed by atoms with Crippen LogP contribution in [-0.2, 0) is 16.1 Å². The zero-order valence-electron chi connectivity index (χ0n) is 10.5. The molecule has 1 saturated heterocycles. The largest absolute Gasteiger partial charge is 0.367 e. The van der Waals surface area contributed by atoms with E-state index >= 15 is 0 Å². The smallest absolute Gasteiger partial charge is 0.247 e. The Morgan fingerprint density at radius 1 is 1.39 bits per heavy atom. The van der Waals surface area contributed by atoms with Gasteiger partial charge >= 0.3 is 0 Å². The minimum Gasteiger partial charge on any atom is -0.367 e. The van der Waals surface area contributed by atoms with Crippen LogP contribution in [0.4, 0.5) is 0 Å². The molecule has 0 bridgehead atoms. The summed E-state index contributed by atoms with van der Waals surface area (Å²) in [4.78, 5) is 11.6. The van der Waals surface area contributed by atoms with E-state index in [9.17, 15) is 4.79 Å². The van der Waals surface area contributed by atoms with Crippen LogP contribution in [0.2, 0.25) is 0 Å². The molecule has 1 aliphatic heterocycles. The topological polar surface area (TPSA) is 62.4 Å². The average molecular weight is 249 g/mol. The Morgan fingerprint density at radius 2 is 2.17 bits per heavy atom. The molecule has 1 aromatic carbocycles. The summed E-state index contributed by atoms with van der Waals surface area (Å²) in [6.45, 7) is 2.60. The summed E-state index contributed by atoms with van der Waals surface area (Å²) < 4.78 is 5.36. The first-order valence-electron chi connectivity index (χ1n) is 6.16. The first kappa shape index (κ1) is 13.0. The van der Waals surface area contributed by atoms with Gasteiger partial charge in [0, 0.05) is 6.04 Å². The van der Waals surface area contributed by atoms with Crippen LogP contribution < -0.4 is 16.2 Å². The van der Waals surface area contributed by atoms with Crippen molar-refractivity contribution in [2.24, 2.45) is 0 Å². The van der Waals surface area contributed by atoms with Gasteiger partial charge in [-0.3, -0.25) is 10.2 Å². The fraction of sp³-hybridized carbons (Fsp3) is 0.462. The van der Waals surface area contributed by atoms with Gasteiger partial charge in [-0.1, -0.05) is 30.3 Å². The maximum Gasteiger partial charge on any atom is 0.247 e. The molecule has 2 rings (SSSR count). The van der Waals surface area contributed by atoms with Crippen LogP contribution in [0.15, 0.2) is 30.3 Å². The highest BCUT2D eigenvalue weighted by Crippen LogP contribution is 2.02. The number of nitrogens with one attached hydrogen (secondary N) is 3. The zero-order chi connectivity index (χ0) is 12.8. The minimum atomic E-state index is -0.0978. The average Bonchev–Trinajstić information content (AvgIpc) is 2.76. The Bertz CT molecular complexity index is 383. The normalized spacial score (nSPS) is 22.9. The first-order valence-corrected chi connectivity index (χ1v) is 6.16. The molecule has 1 aromatic rings. The summed E-state index contributed by atoms with van der Waals surface area (Å²) in [6, 6.07) is 10.2. The van der Waals surface area contributed by atoms with E-state index < -0.39 is 0 Å². The second-order valence-corrected chi connectivity index (χ2v) is 4.52. The lowest BCUT2D eigenvalue weighted by Crippen LogP contribution is -2.45. The van der Waals surface area contributed by atoms with Gasteiger partial charge in [0.25, 0.3) is 0 Å². The molecular formula is C13H19N3O2. The maximum atomic E-state index is 11.6. The van der Waals surface area contributed by atoms with E-state index in [2.05, 4.69) is 23.1 Å². The molecule has 0 radical (unpaired) electrons. The van der Waals surface area contributed by atoms with Gasteiger partial charge in [0.05, 0.1) is 12.8 Å². The van der Waals surface area contributed by atoms with Gasteiger partial charge in [-0.15, -0.1) is 0 Å². The number of rotatable bonds is 5.